The second-order valence-corrected chi connectivity index (χ2v) is 5.04. The number of thioether (sulfide) groups is 1. The van der Waals surface area contributed by atoms with Crippen LogP contribution in [0.2, 0.25) is 0 Å². The molecule has 1 atom stereocenters. The minimum absolute atomic E-state index is 0.244. The van der Waals surface area contributed by atoms with Gasteiger partial charge in [-0.15, -0.1) is 0 Å². The van der Waals surface area contributed by atoms with Gasteiger partial charge in [0.15, 0.2) is 0 Å². The number of halogens is 1. The molecule has 0 amide bonds. The zero-order valence-corrected chi connectivity index (χ0v) is 10.1. The van der Waals surface area contributed by atoms with E-state index >= 15 is 0 Å². The predicted octanol–water partition coefficient (Wildman–Crippen LogP) is 2.67. The van der Waals surface area contributed by atoms with E-state index in [1.54, 1.807) is 17.8 Å². The van der Waals surface area contributed by atoms with Crippen molar-refractivity contribution in [3.05, 3.63) is 35.1 Å². The van der Waals surface area contributed by atoms with Crippen molar-refractivity contribution in [1.82, 2.24) is 0 Å². The molecule has 1 aromatic rings. The smallest absolute Gasteiger partial charge is 0.127 e. The van der Waals surface area contributed by atoms with Crippen LogP contribution in [0.25, 0.3) is 0 Å². The molecule has 86 valence electrons. The van der Waals surface area contributed by atoms with E-state index in [-0.39, 0.29) is 5.82 Å². The molecule has 1 rings (SSSR count). The molecule has 0 aliphatic rings. The molecular weight excluding hydrogens is 223 g/mol. The first kappa shape index (κ1) is 13.0. The van der Waals surface area contributed by atoms with Crippen LogP contribution < -0.4 is 5.73 Å². The third kappa shape index (κ3) is 3.84. The Labute approximate surface area is 99.6 Å². The highest BCUT2D eigenvalue weighted by atomic mass is 32.2. The van der Waals surface area contributed by atoms with Gasteiger partial charge < -0.3 is 5.73 Å². The summed E-state index contributed by atoms with van der Waals surface area (Å²) in [5, 5.41) is 9.13. The number of hydrogen-bond acceptors (Lipinski definition) is 3. The molecular formula is C12H15FN2S. The molecule has 1 unspecified atom stereocenters. The first-order valence-corrected chi connectivity index (χ1v) is 6.22. The SMILES string of the molecule is CC(CCN)SCc1cc(C#N)ccc1F. The van der Waals surface area contributed by atoms with Crippen molar-refractivity contribution < 1.29 is 4.39 Å². The quantitative estimate of drug-likeness (QED) is 0.858. The minimum Gasteiger partial charge on any atom is -0.330 e. The van der Waals surface area contributed by atoms with Crippen LogP contribution >= 0.6 is 11.8 Å². The van der Waals surface area contributed by atoms with Crippen LogP contribution in [0.4, 0.5) is 4.39 Å². The molecule has 0 aliphatic heterocycles. The Kier molecular flexibility index (Phi) is 5.30. The lowest BCUT2D eigenvalue weighted by molar-refractivity contribution is 0.617. The van der Waals surface area contributed by atoms with Crippen LogP contribution in [0.3, 0.4) is 0 Å². The molecule has 0 heterocycles. The second kappa shape index (κ2) is 6.51. The molecule has 0 fully saturated rings. The van der Waals surface area contributed by atoms with Crippen molar-refractivity contribution in [1.29, 1.82) is 5.26 Å². The van der Waals surface area contributed by atoms with E-state index < -0.39 is 0 Å². The summed E-state index contributed by atoms with van der Waals surface area (Å²) in [6, 6.07) is 6.46. The molecule has 0 saturated carbocycles. The average Bonchev–Trinajstić information content (AvgIpc) is 2.28. The molecule has 2 N–H and O–H groups in total. The molecule has 0 radical (unpaired) electrons. The Morgan fingerprint density at radius 2 is 2.31 bits per heavy atom. The third-order valence-electron chi connectivity index (χ3n) is 2.27. The topological polar surface area (TPSA) is 49.8 Å². The summed E-state index contributed by atoms with van der Waals surface area (Å²) in [5.74, 6) is 0.342. The maximum atomic E-state index is 13.4. The summed E-state index contributed by atoms with van der Waals surface area (Å²) in [6.45, 7) is 2.72. The number of benzene rings is 1. The van der Waals surface area contributed by atoms with Crippen molar-refractivity contribution in [3.63, 3.8) is 0 Å². The van der Waals surface area contributed by atoms with Gasteiger partial charge in [-0.3, -0.25) is 0 Å². The number of nitrogens with zero attached hydrogens (tertiary/aromatic N) is 1. The Hall–Kier alpha value is -1.05. The molecule has 0 bridgehead atoms. The van der Waals surface area contributed by atoms with Crippen LogP contribution in [0.5, 0.6) is 0 Å². The fraction of sp³-hybridized carbons (Fsp3) is 0.417. The Balaban J connectivity index is 2.63. The van der Waals surface area contributed by atoms with Crippen molar-refractivity contribution in [2.45, 2.75) is 24.3 Å². The first-order valence-electron chi connectivity index (χ1n) is 5.17. The van der Waals surface area contributed by atoms with Gasteiger partial charge in [-0.25, -0.2) is 4.39 Å². The normalized spacial score (nSPS) is 12.1. The van der Waals surface area contributed by atoms with Crippen molar-refractivity contribution in [2.75, 3.05) is 6.54 Å². The Bertz CT molecular complexity index is 387. The van der Waals surface area contributed by atoms with Crippen LogP contribution in [-0.4, -0.2) is 11.8 Å². The van der Waals surface area contributed by atoms with Gasteiger partial charge in [-0.1, -0.05) is 6.92 Å². The number of nitriles is 1. The van der Waals surface area contributed by atoms with Crippen LogP contribution in [0, 0.1) is 17.1 Å². The van der Waals surface area contributed by atoms with E-state index in [4.69, 9.17) is 11.0 Å². The van der Waals surface area contributed by atoms with Gasteiger partial charge in [0, 0.05) is 11.0 Å². The molecule has 16 heavy (non-hydrogen) atoms. The highest BCUT2D eigenvalue weighted by Gasteiger charge is 2.07. The van der Waals surface area contributed by atoms with Gasteiger partial charge in [0.25, 0.3) is 0 Å². The second-order valence-electron chi connectivity index (χ2n) is 3.62. The maximum Gasteiger partial charge on any atom is 0.127 e. The summed E-state index contributed by atoms with van der Waals surface area (Å²) in [5.41, 5.74) is 6.54. The van der Waals surface area contributed by atoms with Gasteiger partial charge in [0.2, 0.25) is 0 Å². The average molecular weight is 238 g/mol. The molecule has 0 aliphatic carbocycles. The minimum atomic E-state index is -0.244. The van der Waals surface area contributed by atoms with Crippen molar-refractivity contribution in [2.24, 2.45) is 5.73 Å². The highest BCUT2D eigenvalue weighted by Crippen LogP contribution is 2.22. The third-order valence-corrected chi connectivity index (χ3v) is 3.55. The van der Waals surface area contributed by atoms with E-state index in [0.717, 1.165) is 6.42 Å². The Morgan fingerprint density at radius 1 is 1.56 bits per heavy atom. The largest absolute Gasteiger partial charge is 0.330 e. The summed E-state index contributed by atoms with van der Waals surface area (Å²) in [7, 11) is 0. The summed E-state index contributed by atoms with van der Waals surface area (Å²) in [4.78, 5) is 0. The monoisotopic (exact) mass is 238 g/mol. The maximum absolute atomic E-state index is 13.4. The number of rotatable bonds is 5. The van der Waals surface area contributed by atoms with E-state index in [2.05, 4.69) is 6.92 Å². The molecule has 4 heteroatoms. The van der Waals surface area contributed by atoms with Gasteiger partial charge >= 0.3 is 0 Å². The number of hydrogen-bond donors (Lipinski definition) is 1. The first-order chi connectivity index (χ1) is 7.67. The van der Waals surface area contributed by atoms with Gasteiger partial charge in [-0.05, 0) is 36.7 Å². The standard InChI is InChI=1S/C12H15FN2S/c1-9(4-5-14)16-8-11-6-10(7-15)2-3-12(11)13/h2-3,6,9H,4-5,8,14H2,1H3. The molecule has 0 aromatic heterocycles. The van der Waals surface area contributed by atoms with E-state index in [1.807, 2.05) is 6.07 Å². The molecule has 0 saturated heterocycles. The van der Waals surface area contributed by atoms with Crippen LogP contribution in [-0.2, 0) is 5.75 Å². The van der Waals surface area contributed by atoms with Gasteiger partial charge in [-0.2, -0.15) is 17.0 Å². The summed E-state index contributed by atoms with van der Waals surface area (Å²) in [6.07, 6.45) is 0.921. The zero-order valence-electron chi connectivity index (χ0n) is 9.24. The molecule has 1 aromatic carbocycles. The van der Waals surface area contributed by atoms with E-state index in [9.17, 15) is 4.39 Å². The highest BCUT2D eigenvalue weighted by molar-refractivity contribution is 7.99. The van der Waals surface area contributed by atoms with Gasteiger partial charge in [0.05, 0.1) is 11.6 Å². The summed E-state index contributed by atoms with van der Waals surface area (Å²) < 4.78 is 13.4. The zero-order chi connectivity index (χ0) is 12.0. The molecule has 0 spiro atoms. The van der Waals surface area contributed by atoms with Crippen molar-refractivity contribution >= 4 is 11.8 Å². The molecule has 2 nitrogen and oxygen atoms in total. The van der Waals surface area contributed by atoms with Gasteiger partial charge in [0.1, 0.15) is 5.82 Å². The van der Waals surface area contributed by atoms with E-state index in [0.29, 0.717) is 28.7 Å². The van der Waals surface area contributed by atoms with Crippen LogP contribution in [0.1, 0.15) is 24.5 Å². The fourth-order valence-electron chi connectivity index (χ4n) is 1.30. The van der Waals surface area contributed by atoms with Crippen molar-refractivity contribution in [3.8, 4) is 6.07 Å². The number of nitrogens with two attached hydrogens (primary N) is 1. The summed E-state index contributed by atoms with van der Waals surface area (Å²) >= 11 is 1.66. The lowest BCUT2D eigenvalue weighted by atomic mass is 10.1. The van der Waals surface area contributed by atoms with E-state index in [1.165, 1.54) is 12.1 Å². The van der Waals surface area contributed by atoms with Crippen LogP contribution in [0.15, 0.2) is 18.2 Å². The Morgan fingerprint density at radius 3 is 2.94 bits per heavy atom. The fourth-order valence-corrected chi connectivity index (χ4v) is 2.29. The lowest BCUT2D eigenvalue weighted by Gasteiger charge is -2.10. The lowest BCUT2D eigenvalue weighted by Crippen LogP contribution is -2.07. The predicted molar refractivity (Wildman–Crippen MR) is 65.5 cm³/mol.